The fourth-order valence-corrected chi connectivity index (χ4v) is 2.94. The van der Waals surface area contributed by atoms with Crippen LogP contribution in [0.3, 0.4) is 0 Å². The van der Waals surface area contributed by atoms with Crippen LogP contribution in [0, 0.1) is 0 Å². The van der Waals surface area contributed by atoms with Gasteiger partial charge in [0.15, 0.2) is 5.78 Å². The van der Waals surface area contributed by atoms with Gasteiger partial charge < -0.3 is 19.5 Å². The van der Waals surface area contributed by atoms with E-state index in [0.29, 0.717) is 23.5 Å². The van der Waals surface area contributed by atoms with E-state index in [1.54, 1.807) is 0 Å². The fourth-order valence-electron chi connectivity index (χ4n) is 2.94. The predicted molar refractivity (Wildman–Crippen MR) is 92.3 cm³/mol. The Morgan fingerprint density at radius 3 is 2.22 bits per heavy atom. The van der Waals surface area contributed by atoms with E-state index in [-0.39, 0.29) is 23.9 Å². The number of phenols is 1. The Labute approximate surface area is 144 Å². The van der Waals surface area contributed by atoms with Gasteiger partial charge in [0, 0.05) is 18.6 Å². The van der Waals surface area contributed by atoms with Crippen LogP contribution in [0.25, 0.3) is 0 Å². The molecule has 1 aliphatic heterocycles. The number of likely N-dealkylation sites (tertiary alicyclic amines) is 1. The molecule has 1 aliphatic rings. The first kappa shape index (κ1) is 19.6. The summed E-state index contributed by atoms with van der Waals surface area (Å²) in [6.45, 7) is 3.23. The second-order valence-corrected chi connectivity index (χ2v) is 5.65. The fraction of sp³-hybridized carbons (Fsp3) is 0.588. The van der Waals surface area contributed by atoms with Gasteiger partial charge in [-0.1, -0.05) is 6.42 Å². The number of carbonyl (C=O) groups excluding carboxylic acids is 1. The lowest BCUT2D eigenvalue weighted by Crippen LogP contribution is -2.30. The molecule has 1 heterocycles. The number of ketones is 1. The Balaban J connectivity index is 0.00000264. The number of methoxy groups -OCH3 is 2. The van der Waals surface area contributed by atoms with Gasteiger partial charge in [0.25, 0.3) is 0 Å². The van der Waals surface area contributed by atoms with Crippen molar-refractivity contribution in [2.24, 2.45) is 0 Å². The number of nitrogens with zero attached hydrogens (tertiary/aromatic N) is 1. The average molecular weight is 344 g/mol. The molecule has 1 fully saturated rings. The summed E-state index contributed by atoms with van der Waals surface area (Å²) in [5.74, 6) is 0.740. The standard InChI is InChI=1S/C17H25NO4.ClH/c1-21-15-11-13(19)12-16(22-2)17(15)14(20)7-6-10-18-8-4-3-5-9-18;/h11-12,19H,3-10H2,1-2H3;1H. The second kappa shape index (κ2) is 9.63. The molecule has 2 rings (SSSR count). The predicted octanol–water partition coefficient (Wildman–Crippen LogP) is 3.28. The van der Waals surface area contributed by atoms with E-state index in [9.17, 15) is 9.90 Å². The molecule has 0 aliphatic carbocycles. The van der Waals surface area contributed by atoms with Gasteiger partial charge in [-0.05, 0) is 38.9 Å². The summed E-state index contributed by atoms with van der Waals surface area (Å²) >= 11 is 0. The molecule has 130 valence electrons. The molecule has 6 heteroatoms. The Kier molecular flexibility index (Phi) is 8.20. The van der Waals surface area contributed by atoms with Crippen LogP contribution in [0.4, 0.5) is 0 Å². The van der Waals surface area contributed by atoms with E-state index >= 15 is 0 Å². The Hall–Kier alpha value is -1.46. The molecule has 0 atom stereocenters. The van der Waals surface area contributed by atoms with Gasteiger partial charge in [-0.25, -0.2) is 0 Å². The van der Waals surface area contributed by atoms with Crippen LogP contribution < -0.4 is 9.47 Å². The minimum Gasteiger partial charge on any atom is -0.508 e. The van der Waals surface area contributed by atoms with Gasteiger partial charge in [0.2, 0.25) is 0 Å². The van der Waals surface area contributed by atoms with Crippen LogP contribution in [0.5, 0.6) is 17.2 Å². The lowest BCUT2D eigenvalue weighted by atomic mass is 10.0. The lowest BCUT2D eigenvalue weighted by Gasteiger charge is -2.26. The van der Waals surface area contributed by atoms with E-state index < -0.39 is 0 Å². The highest BCUT2D eigenvalue weighted by Crippen LogP contribution is 2.34. The number of piperidine rings is 1. The molecule has 23 heavy (non-hydrogen) atoms. The molecule has 5 nitrogen and oxygen atoms in total. The average Bonchev–Trinajstić information content (AvgIpc) is 2.54. The third kappa shape index (κ3) is 5.29. The molecule has 1 aromatic rings. The third-order valence-corrected chi connectivity index (χ3v) is 4.10. The maximum Gasteiger partial charge on any atom is 0.170 e. The van der Waals surface area contributed by atoms with Crippen molar-refractivity contribution in [1.82, 2.24) is 4.90 Å². The minimum absolute atomic E-state index is 0. The van der Waals surface area contributed by atoms with Crippen molar-refractivity contribution in [3.05, 3.63) is 17.7 Å². The number of phenolic OH excluding ortho intramolecular Hbond substituents is 1. The quantitative estimate of drug-likeness (QED) is 0.770. The number of aromatic hydroxyl groups is 1. The van der Waals surface area contributed by atoms with Gasteiger partial charge in [0.05, 0.1) is 14.2 Å². The van der Waals surface area contributed by atoms with E-state index in [1.807, 2.05) is 0 Å². The summed E-state index contributed by atoms with van der Waals surface area (Å²) in [7, 11) is 2.97. The van der Waals surface area contributed by atoms with Gasteiger partial charge >= 0.3 is 0 Å². The highest BCUT2D eigenvalue weighted by molar-refractivity contribution is 6.01. The first-order valence-corrected chi connectivity index (χ1v) is 7.86. The number of benzene rings is 1. The van der Waals surface area contributed by atoms with Gasteiger partial charge in [-0.15, -0.1) is 12.4 Å². The van der Waals surface area contributed by atoms with Gasteiger partial charge in [-0.2, -0.15) is 0 Å². The van der Waals surface area contributed by atoms with E-state index in [4.69, 9.17) is 9.47 Å². The molecule has 0 amide bonds. The summed E-state index contributed by atoms with van der Waals surface area (Å²) in [6, 6.07) is 2.89. The number of ether oxygens (including phenoxy) is 2. The Morgan fingerprint density at radius 2 is 1.70 bits per heavy atom. The number of halogens is 1. The van der Waals surface area contributed by atoms with E-state index in [2.05, 4.69) is 4.90 Å². The van der Waals surface area contributed by atoms with Crippen molar-refractivity contribution in [1.29, 1.82) is 0 Å². The summed E-state index contributed by atoms with van der Waals surface area (Å²) < 4.78 is 10.4. The molecule has 0 aromatic heterocycles. The highest BCUT2D eigenvalue weighted by Gasteiger charge is 2.20. The van der Waals surface area contributed by atoms with Crippen molar-refractivity contribution in [2.75, 3.05) is 33.9 Å². The van der Waals surface area contributed by atoms with Crippen LogP contribution in [0.15, 0.2) is 12.1 Å². The van der Waals surface area contributed by atoms with Crippen LogP contribution in [0.2, 0.25) is 0 Å². The second-order valence-electron chi connectivity index (χ2n) is 5.65. The molecule has 1 N–H and O–H groups in total. The Morgan fingerprint density at radius 1 is 1.13 bits per heavy atom. The van der Waals surface area contributed by atoms with E-state index in [0.717, 1.165) is 26.1 Å². The molecule has 1 saturated heterocycles. The molecule has 1 aromatic carbocycles. The van der Waals surface area contributed by atoms with Crippen molar-refractivity contribution in [3.63, 3.8) is 0 Å². The monoisotopic (exact) mass is 343 g/mol. The normalized spacial score (nSPS) is 14.9. The molecule has 0 unspecified atom stereocenters. The topological polar surface area (TPSA) is 59.0 Å². The largest absolute Gasteiger partial charge is 0.508 e. The van der Waals surface area contributed by atoms with Crippen molar-refractivity contribution in [3.8, 4) is 17.2 Å². The first-order chi connectivity index (χ1) is 10.7. The lowest BCUT2D eigenvalue weighted by molar-refractivity contribution is 0.0967. The maximum atomic E-state index is 12.5. The zero-order valence-electron chi connectivity index (χ0n) is 13.8. The molecule has 0 saturated carbocycles. The van der Waals surface area contributed by atoms with Gasteiger partial charge in [-0.3, -0.25) is 4.79 Å². The third-order valence-electron chi connectivity index (χ3n) is 4.10. The van der Waals surface area contributed by atoms with Gasteiger partial charge in [0.1, 0.15) is 22.8 Å². The highest BCUT2D eigenvalue weighted by atomic mass is 35.5. The van der Waals surface area contributed by atoms with Crippen molar-refractivity contribution < 1.29 is 19.4 Å². The first-order valence-electron chi connectivity index (χ1n) is 7.86. The Bertz CT molecular complexity index is 490. The minimum atomic E-state index is -0.00860. The van der Waals surface area contributed by atoms with Crippen molar-refractivity contribution >= 4 is 18.2 Å². The number of carbonyl (C=O) groups is 1. The van der Waals surface area contributed by atoms with Crippen molar-refractivity contribution in [2.45, 2.75) is 32.1 Å². The summed E-state index contributed by atoms with van der Waals surface area (Å²) in [4.78, 5) is 14.9. The van der Waals surface area contributed by atoms with E-state index in [1.165, 1.54) is 45.6 Å². The molecular formula is C17H26ClNO4. The van der Waals surface area contributed by atoms with Crippen LogP contribution in [-0.2, 0) is 0 Å². The maximum absolute atomic E-state index is 12.5. The number of hydrogen-bond acceptors (Lipinski definition) is 5. The molecular weight excluding hydrogens is 318 g/mol. The van der Waals surface area contributed by atoms with Crippen LogP contribution in [0.1, 0.15) is 42.5 Å². The number of rotatable bonds is 7. The zero-order chi connectivity index (χ0) is 15.9. The number of hydrogen-bond donors (Lipinski definition) is 1. The molecule has 0 spiro atoms. The van der Waals surface area contributed by atoms with Crippen LogP contribution in [-0.4, -0.2) is 49.6 Å². The summed E-state index contributed by atoms with van der Waals surface area (Å²) in [6.07, 6.45) is 5.11. The SMILES string of the molecule is COc1cc(O)cc(OC)c1C(=O)CCCN1CCCCC1.Cl. The zero-order valence-corrected chi connectivity index (χ0v) is 14.7. The smallest absolute Gasteiger partial charge is 0.170 e. The number of Topliss-reactive ketones (excluding diaryl/α,β-unsaturated/α-hetero) is 1. The van der Waals surface area contributed by atoms with Crippen LogP contribution >= 0.6 is 12.4 Å². The summed E-state index contributed by atoms with van der Waals surface area (Å²) in [5, 5.41) is 9.63. The molecule has 0 bridgehead atoms. The molecule has 0 radical (unpaired) electrons. The summed E-state index contributed by atoms with van der Waals surface area (Å²) in [5.41, 5.74) is 0.418.